The van der Waals surface area contributed by atoms with Crippen molar-refractivity contribution in [2.24, 2.45) is 0 Å². The number of aliphatic hydroxyl groups excluding tert-OH is 1. The van der Waals surface area contributed by atoms with E-state index in [-0.39, 0.29) is 6.61 Å². The monoisotopic (exact) mass is 434 g/mol. The van der Waals surface area contributed by atoms with Crippen molar-refractivity contribution in [2.45, 2.75) is 39.4 Å². The third kappa shape index (κ3) is 4.88. The Morgan fingerprint density at radius 3 is 2.59 bits per heavy atom. The Labute approximate surface area is 190 Å². The van der Waals surface area contributed by atoms with Gasteiger partial charge in [0.15, 0.2) is 0 Å². The van der Waals surface area contributed by atoms with Crippen LogP contribution in [0.1, 0.15) is 28.7 Å². The van der Waals surface area contributed by atoms with Gasteiger partial charge in [0, 0.05) is 50.9 Å². The highest BCUT2D eigenvalue weighted by molar-refractivity contribution is 5.62. The van der Waals surface area contributed by atoms with Gasteiger partial charge in [-0.25, -0.2) is 0 Å². The van der Waals surface area contributed by atoms with E-state index in [1.165, 1.54) is 22.3 Å². The van der Waals surface area contributed by atoms with Crippen molar-refractivity contribution in [1.29, 1.82) is 0 Å². The summed E-state index contributed by atoms with van der Waals surface area (Å²) in [5.41, 5.74) is 7.30. The van der Waals surface area contributed by atoms with E-state index < -0.39 is 0 Å². The molecule has 1 atom stereocenters. The van der Waals surface area contributed by atoms with Crippen LogP contribution < -0.4 is 4.74 Å². The molecule has 0 radical (unpaired) electrons. The minimum absolute atomic E-state index is 0.205. The zero-order valence-corrected chi connectivity index (χ0v) is 19.3. The smallest absolute Gasteiger partial charge is 0.122 e. The van der Waals surface area contributed by atoms with Crippen molar-refractivity contribution in [2.75, 3.05) is 33.4 Å². The number of methoxy groups -OCH3 is 1. The molecule has 4 rings (SSSR count). The summed E-state index contributed by atoms with van der Waals surface area (Å²) >= 11 is 0. The second kappa shape index (κ2) is 10.3. The van der Waals surface area contributed by atoms with Crippen LogP contribution in [0.25, 0.3) is 11.3 Å². The number of hydrogen-bond acceptors (Lipinski definition) is 5. The largest absolute Gasteiger partial charge is 0.496 e. The summed E-state index contributed by atoms with van der Waals surface area (Å²) in [5.74, 6) is 0.942. The first-order valence-electron chi connectivity index (χ1n) is 11.4. The van der Waals surface area contributed by atoms with E-state index in [9.17, 15) is 5.11 Å². The van der Waals surface area contributed by atoms with Crippen LogP contribution in [0, 0.1) is 13.8 Å². The lowest BCUT2D eigenvalue weighted by Gasteiger charge is -2.41. The molecule has 0 amide bonds. The molecule has 1 aromatic heterocycles. The fraction of sp³-hybridized carbons (Fsp3) is 0.423. The summed E-state index contributed by atoms with van der Waals surface area (Å²) < 4.78 is 5.48. The summed E-state index contributed by atoms with van der Waals surface area (Å²) in [6, 6.07) is 14.9. The lowest BCUT2D eigenvalue weighted by molar-refractivity contribution is 0.0499. The normalized spacial score (nSPS) is 17.6. The summed E-state index contributed by atoms with van der Waals surface area (Å²) in [6.45, 7) is 9.17. The predicted octanol–water partition coefficient (Wildman–Crippen LogP) is 3.77. The number of aromatic amines is 1. The van der Waals surface area contributed by atoms with Gasteiger partial charge in [-0.15, -0.1) is 0 Å². The number of aromatic nitrogens is 2. The molecule has 1 aliphatic heterocycles. The van der Waals surface area contributed by atoms with Crippen LogP contribution in [0.4, 0.5) is 0 Å². The van der Waals surface area contributed by atoms with Gasteiger partial charge in [-0.2, -0.15) is 5.10 Å². The maximum absolute atomic E-state index is 9.73. The van der Waals surface area contributed by atoms with Crippen molar-refractivity contribution in [3.8, 4) is 17.0 Å². The second-order valence-electron chi connectivity index (χ2n) is 8.68. The lowest BCUT2D eigenvalue weighted by atomic mass is 10.00. The van der Waals surface area contributed by atoms with E-state index in [1.807, 2.05) is 12.3 Å². The topological polar surface area (TPSA) is 64.6 Å². The first kappa shape index (κ1) is 22.5. The van der Waals surface area contributed by atoms with Crippen LogP contribution in [0.15, 0.2) is 48.7 Å². The Bertz CT molecular complexity index is 1020. The van der Waals surface area contributed by atoms with E-state index in [0.29, 0.717) is 6.04 Å². The van der Waals surface area contributed by atoms with Crippen LogP contribution in [0.2, 0.25) is 0 Å². The number of rotatable bonds is 8. The molecule has 0 unspecified atom stereocenters. The molecule has 1 fully saturated rings. The van der Waals surface area contributed by atoms with Crippen LogP contribution in [-0.2, 0) is 13.1 Å². The van der Waals surface area contributed by atoms with Gasteiger partial charge in [-0.1, -0.05) is 36.4 Å². The maximum atomic E-state index is 9.73. The molecular formula is C26H34N4O2. The van der Waals surface area contributed by atoms with Crippen molar-refractivity contribution in [3.05, 3.63) is 70.9 Å². The zero-order valence-electron chi connectivity index (χ0n) is 19.3. The molecule has 0 aliphatic carbocycles. The highest BCUT2D eigenvalue weighted by atomic mass is 16.5. The van der Waals surface area contributed by atoms with E-state index in [4.69, 9.17) is 4.74 Å². The number of nitrogens with one attached hydrogen (secondary N) is 1. The van der Waals surface area contributed by atoms with Gasteiger partial charge in [0.25, 0.3) is 0 Å². The molecule has 1 saturated heterocycles. The summed E-state index contributed by atoms with van der Waals surface area (Å²) in [7, 11) is 1.72. The van der Waals surface area contributed by atoms with E-state index >= 15 is 0 Å². The number of ether oxygens (including phenoxy) is 1. The molecule has 2 N–H and O–H groups in total. The van der Waals surface area contributed by atoms with Crippen LogP contribution in [0.5, 0.6) is 5.75 Å². The zero-order chi connectivity index (χ0) is 22.5. The molecule has 32 heavy (non-hydrogen) atoms. The number of H-pyrrole nitrogens is 1. The number of piperazine rings is 1. The molecule has 2 heterocycles. The molecule has 6 nitrogen and oxygen atoms in total. The Morgan fingerprint density at radius 1 is 1.03 bits per heavy atom. The highest BCUT2D eigenvalue weighted by Gasteiger charge is 2.28. The Hall–Kier alpha value is -2.67. The van der Waals surface area contributed by atoms with Crippen molar-refractivity contribution >= 4 is 0 Å². The van der Waals surface area contributed by atoms with Gasteiger partial charge in [-0.05, 0) is 48.6 Å². The first-order valence-corrected chi connectivity index (χ1v) is 11.4. The van der Waals surface area contributed by atoms with E-state index in [1.54, 1.807) is 7.11 Å². The minimum Gasteiger partial charge on any atom is -0.496 e. The number of aliphatic hydroxyl groups is 1. The maximum Gasteiger partial charge on any atom is 0.122 e. The molecule has 3 aromatic rings. The fourth-order valence-corrected chi connectivity index (χ4v) is 4.72. The second-order valence-corrected chi connectivity index (χ2v) is 8.68. The molecule has 170 valence electrons. The Balaban J connectivity index is 1.45. The van der Waals surface area contributed by atoms with Gasteiger partial charge < -0.3 is 9.84 Å². The van der Waals surface area contributed by atoms with Gasteiger partial charge in [0.05, 0.1) is 19.0 Å². The average Bonchev–Trinajstić information content (AvgIpc) is 3.27. The quantitative estimate of drug-likeness (QED) is 0.565. The predicted molar refractivity (Wildman–Crippen MR) is 128 cm³/mol. The number of nitrogens with zero attached hydrogens (tertiary/aromatic N) is 3. The van der Waals surface area contributed by atoms with Crippen LogP contribution in [-0.4, -0.2) is 64.5 Å². The highest BCUT2D eigenvalue weighted by Crippen LogP contribution is 2.27. The van der Waals surface area contributed by atoms with Gasteiger partial charge in [0.2, 0.25) is 0 Å². The first-order chi connectivity index (χ1) is 15.6. The Morgan fingerprint density at radius 2 is 1.84 bits per heavy atom. The standard InChI is InChI=1S/C26H34N4O2/c1-19-20(2)25(32-3)10-9-22(19)17-30-13-12-29(18-24(30)11-14-31)16-23-15-27-28-26(23)21-7-5-4-6-8-21/h4-10,15,24,31H,11-14,16-18H2,1-3H3,(H,27,28)/t24-/m1/s1. The summed E-state index contributed by atoms with van der Waals surface area (Å²) in [5, 5.41) is 17.2. The Kier molecular flexibility index (Phi) is 7.25. The third-order valence-corrected chi connectivity index (χ3v) is 6.77. The van der Waals surface area contributed by atoms with Gasteiger partial charge >= 0.3 is 0 Å². The molecule has 1 aliphatic rings. The SMILES string of the molecule is COc1ccc(CN2CCN(Cc3cn[nH]c3-c3ccccc3)C[C@H]2CCO)c(C)c1C. The number of hydrogen-bond donors (Lipinski definition) is 2. The average molecular weight is 435 g/mol. The third-order valence-electron chi connectivity index (χ3n) is 6.77. The van der Waals surface area contributed by atoms with Gasteiger partial charge in [-0.3, -0.25) is 14.9 Å². The molecule has 2 aromatic carbocycles. The van der Waals surface area contributed by atoms with Gasteiger partial charge in [0.1, 0.15) is 5.75 Å². The van der Waals surface area contributed by atoms with E-state index in [2.05, 4.69) is 70.2 Å². The van der Waals surface area contributed by atoms with Crippen molar-refractivity contribution < 1.29 is 9.84 Å². The number of benzene rings is 2. The summed E-state index contributed by atoms with van der Waals surface area (Å²) in [4.78, 5) is 5.01. The van der Waals surface area contributed by atoms with Crippen LogP contribution >= 0.6 is 0 Å². The minimum atomic E-state index is 0.205. The van der Waals surface area contributed by atoms with Crippen LogP contribution in [0.3, 0.4) is 0 Å². The molecular weight excluding hydrogens is 400 g/mol. The molecule has 0 saturated carbocycles. The van der Waals surface area contributed by atoms with Crippen molar-refractivity contribution in [1.82, 2.24) is 20.0 Å². The lowest BCUT2D eigenvalue weighted by Crippen LogP contribution is -2.52. The molecule has 0 spiro atoms. The molecule has 0 bridgehead atoms. The molecule has 6 heteroatoms. The summed E-state index contributed by atoms with van der Waals surface area (Å²) in [6.07, 6.45) is 2.72. The van der Waals surface area contributed by atoms with E-state index in [0.717, 1.165) is 56.2 Å². The fourth-order valence-electron chi connectivity index (χ4n) is 4.72. The van der Waals surface area contributed by atoms with Crippen molar-refractivity contribution in [3.63, 3.8) is 0 Å².